The molecule has 0 aliphatic heterocycles. The molecule has 0 saturated heterocycles. The van der Waals surface area contributed by atoms with E-state index in [1.54, 1.807) is 19.1 Å². The summed E-state index contributed by atoms with van der Waals surface area (Å²) in [5, 5.41) is 6.21. The van der Waals surface area contributed by atoms with Gasteiger partial charge in [0.25, 0.3) is 5.91 Å². The van der Waals surface area contributed by atoms with Crippen molar-refractivity contribution < 1.29 is 26.4 Å². The van der Waals surface area contributed by atoms with Crippen molar-refractivity contribution in [2.24, 2.45) is 0 Å². The molecule has 0 fully saturated rings. The molecule has 0 unspecified atom stereocenters. The number of rotatable bonds is 6. The highest BCUT2D eigenvalue weighted by Crippen LogP contribution is 2.33. The van der Waals surface area contributed by atoms with Crippen LogP contribution in [0.2, 0.25) is 0 Å². The standard InChI is InChI=1S/C21H21F3N4O3S/c1-14-4-8-16(9-5-14)28-19(21(22,23)24)18(13-26-28)20(29)25-12-15-6-10-17(11-7-15)32(30,31)27(2)3/h4-11,13H,12H2,1-3H3,(H,25,29). The van der Waals surface area contributed by atoms with Crippen molar-refractivity contribution in [1.82, 2.24) is 19.4 Å². The van der Waals surface area contributed by atoms with Gasteiger partial charge in [0.1, 0.15) is 0 Å². The van der Waals surface area contributed by atoms with Gasteiger partial charge in [0.2, 0.25) is 10.0 Å². The van der Waals surface area contributed by atoms with E-state index in [9.17, 15) is 26.4 Å². The third-order valence-corrected chi connectivity index (χ3v) is 6.55. The van der Waals surface area contributed by atoms with E-state index in [2.05, 4.69) is 10.4 Å². The summed E-state index contributed by atoms with van der Waals surface area (Å²) >= 11 is 0. The quantitative estimate of drug-likeness (QED) is 0.604. The normalized spacial score (nSPS) is 12.2. The molecule has 0 radical (unpaired) electrons. The minimum Gasteiger partial charge on any atom is -0.348 e. The molecular formula is C21H21F3N4O3S. The maximum Gasteiger partial charge on any atom is 0.434 e. The second kappa shape index (κ2) is 8.75. The topological polar surface area (TPSA) is 84.3 Å². The van der Waals surface area contributed by atoms with E-state index in [-0.39, 0.29) is 17.1 Å². The first-order valence-corrected chi connectivity index (χ1v) is 10.9. The van der Waals surface area contributed by atoms with Gasteiger partial charge in [0, 0.05) is 20.6 Å². The predicted octanol–water partition coefficient (Wildman–Crippen LogP) is 3.38. The Morgan fingerprint density at radius 1 is 1.06 bits per heavy atom. The van der Waals surface area contributed by atoms with Gasteiger partial charge in [-0.15, -0.1) is 0 Å². The molecule has 0 spiro atoms. The summed E-state index contributed by atoms with van der Waals surface area (Å²) < 4.78 is 67.2. The van der Waals surface area contributed by atoms with Crippen LogP contribution in [0.4, 0.5) is 13.2 Å². The minimum atomic E-state index is -4.81. The molecule has 7 nitrogen and oxygen atoms in total. The molecule has 0 aliphatic rings. The Hall–Kier alpha value is -3.18. The molecule has 2 aromatic carbocycles. The zero-order chi connectivity index (χ0) is 23.7. The fourth-order valence-corrected chi connectivity index (χ4v) is 3.84. The van der Waals surface area contributed by atoms with Crippen LogP contribution in [0.25, 0.3) is 5.69 Å². The Labute approximate surface area is 183 Å². The number of alkyl halides is 3. The highest BCUT2D eigenvalue weighted by molar-refractivity contribution is 7.89. The van der Waals surface area contributed by atoms with Crippen molar-refractivity contribution in [1.29, 1.82) is 0 Å². The van der Waals surface area contributed by atoms with Gasteiger partial charge < -0.3 is 5.32 Å². The zero-order valence-electron chi connectivity index (χ0n) is 17.5. The number of benzene rings is 2. The van der Waals surface area contributed by atoms with Crippen molar-refractivity contribution in [3.8, 4) is 5.69 Å². The summed E-state index contributed by atoms with van der Waals surface area (Å²) in [5.74, 6) is -0.944. The smallest absolute Gasteiger partial charge is 0.348 e. The van der Waals surface area contributed by atoms with Crippen LogP contribution < -0.4 is 5.32 Å². The van der Waals surface area contributed by atoms with E-state index >= 15 is 0 Å². The van der Waals surface area contributed by atoms with Gasteiger partial charge in [-0.1, -0.05) is 29.8 Å². The van der Waals surface area contributed by atoms with Gasteiger partial charge in [0.15, 0.2) is 5.69 Å². The first-order valence-electron chi connectivity index (χ1n) is 9.43. The first kappa shape index (κ1) is 23.5. The SMILES string of the molecule is Cc1ccc(-n2ncc(C(=O)NCc3ccc(S(=O)(=O)N(C)C)cc3)c2C(F)(F)F)cc1. The van der Waals surface area contributed by atoms with Crippen LogP contribution in [0, 0.1) is 6.92 Å². The lowest BCUT2D eigenvalue weighted by Gasteiger charge is -2.13. The third kappa shape index (κ3) is 4.83. The molecule has 0 aliphatic carbocycles. The van der Waals surface area contributed by atoms with Crippen LogP contribution in [0.5, 0.6) is 0 Å². The molecule has 0 bridgehead atoms. The Bertz CT molecular complexity index is 1220. The number of nitrogens with zero attached hydrogens (tertiary/aromatic N) is 3. The van der Waals surface area contributed by atoms with Crippen LogP contribution in [0.3, 0.4) is 0 Å². The molecule has 1 N–H and O–H groups in total. The summed E-state index contributed by atoms with van der Waals surface area (Å²) in [4.78, 5) is 12.6. The summed E-state index contributed by atoms with van der Waals surface area (Å²) in [6, 6.07) is 12.0. The Balaban J connectivity index is 1.82. The second-order valence-electron chi connectivity index (χ2n) is 7.27. The summed E-state index contributed by atoms with van der Waals surface area (Å²) in [5.41, 5.74) is -0.205. The van der Waals surface area contributed by atoms with Crippen LogP contribution in [0.15, 0.2) is 59.6 Å². The molecule has 3 aromatic rings. The number of halogens is 3. The fourth-order valence-electron chi connectivity index (χ4n) is 2.94. The summed E-state index contributed by atoms with van der Waals surface area (Å²) in [7, 11) is -0.804. The van der Waals surface area contributed by atoms with E-state index < -0.39 is 33.4 Å². The van der Waals surface area contributed by atoms with E-state index in [0.29, 0.717) is 10.2 Å². The molecule has 1 heterocycles. The van der Waals surface area contributed by atoms with Gasteiger partial charge >= 0.3 is 6.18 Å². The second-order valence-corrected chi connectivity index (χ2v) is 9.42. The number of sulfonamides is 1. The van der Waals surface area contributed by atoms with Crippen LogP contribution in [-0.2, 0) is 22.7 Å². The predicted molar refractivity (Wildman–Crippen MR) is 112 cm³/mol. The summed E-state index contributed by atoms with van der Waals surface area (Å²) in [6.45, 7) is 1.72. The van der Waals surface area contributed by atoms with Crippen LogP contribution in [0.1, 0.15) is 27.2 Å². The zero-order valence-corrected chi connectivity index (χ0v) is 18.3. The molecule has 3 rings (SSSR count). The molecule has 1 amide bonds. The lowest BCUT2D eigenvalue weighted by atomic mass is 10.2. The van der Waals surface area contributed by atoms with Crippen molar-refractivity contribution in [3.63, 3.8) is 0 Å². The van der Waals surface area contributed by atoms with E-state index in [1.807, 2.05) is 0 Å². The minimum absolute atomic E-state index is 0.0660. The number of carbonyl (C=O) groups excluding carboxylic acids is 1. The molecule has 32 heavy (non-hydrogen) atoms. The van der Waals surface area contributed by atoms with Crippen molar-refractivity contribution in [3.05, 3.63) is 77.1 Å². The summed E-state index contributed by atoms with van der Waals surface area (Å²) in [6.07, 6.45) is -3.93. The number of amides is 1. The maximum atomic E-state index is 13.8. The first-order chi connectivity index (χ1) is 14.9. The van der Waals surface area contributed by atoms with Gasteiger partial charge in [0.05, 0.1) is 22.3 Å². The number of aryl methyl sites for hydroxylation is 1. The van der Waals surface area contributed by atoms with Gasteiger partial charge in [-0.25, -0.2) is 17.4 Å². The highest BCUT2D eigenvalue weighted by Gasteiger charge is 2.40. The monoisotopic (exact) mass is 466 g/mol. The lowest BCUT2D eigenvalue weighted by molar-refractivity contribution is -0.143. The molecule has 11 heteroatoms. The van der Waals surface area contributed by atoms with Crippen LogP contribution >= 0.6 is 0 Å². The Morgan fingerprint density at radius 2 is 1.66 bits per heavy atom. The molecule has 170 valence electrons. The molecule has 0 atom stereocenters. The van der Waals surface area contributed by atoms with Crippen LogP contribution in [-0.4, -0.2) is 42.5 Å². The fraction of sp³-hybridized carbons (Fsp3) is 0.238. The average Bonchev–Trinajstić information content (AvgIpc) is 3.18. The van der Waals surface area contributed by atoms with Gasteiger partial charge in [-0.05, 0) is 36.8 Å². The Morgan fingerprint density at radius 3 is 2.19 bits per heavy atom. The highest BCUT2D eigenvalue weighted by atomic mass is 32.2. The number of hydrogen-bond donors (Lipinski definition) is 1. The largest absolute Gasteiger partial charge is 0.434 e. The number of nitrogens with one attached hydrogen (secondary N) is 1. The number of hydrogen-bond acceptors (Lipinski definition) is 4. The molecular weight excluding hydrogens is 445 g/mol. The molecule has 1 aromatic heterocycles. The van der Waals surface area contributed by atoms with Crippen molar-refractivity contribution in [2.75, 3.05) is 14.1 Å². The van der Waals surface area contributed by atoms with Crippen molar-refractivity contribution in [2.45, 2.75) is 24.5 Å². The van der Waals surface area contributed by atoms with Gasteiger partial charge in [-0.3, -0.25) is 4.79 Å². The lowest BCUT2D eigenvalue weighted by Crippen LogP contribution is -2.26. The average molecular weight is 466 g/mol. The van der Waals surface area contributed by atoms with Crippen molar-refractivity contribution >= 4 is 15.9 Å². The third-order valence-electron chi connectivity index (χ3n) is 4.72. The number of aromatic nitrogens is 2. The Kier molecular flexibility index (Phi) is 6.42. The van der Waals surface area contributed by atoms with E-state index in [0.717, 1.165) is 16.1 Å². The maximum absolute atomic E-state index is 13.8. The van der Waals surface area contributed by atoms with E-state index in [4.69, 9.17) is 0 Å². The van der Waals surface area contributed by atoms with Gasteiger partial charge in [-0.2, -0.15) is 18.3 Å². The number of carbonyl (C=O) groups is 1. The van der Waals surface area contributed by atoms with E-state index in [1.165, 1.54) is 50.5 Å². The molecule has 0 saturated carbocycles.